The summed E-state index contributed by atoms with van der Waals surface area (Å²) in [4.78, 5) is 28.3. The van der Waals surface area contributed by atoms with Crippen LogP contribution in [0.3, 0.4) is 0 Å². The SMILES string of the molecule is CC1CCC(NC(=O)CN2CCN(C(=O)C(C)CN)CC2)CC1. The topological polar surface area (TPSA) is 78.7 Å². The van der Waals surface area contributed by atoms with Gasteiger partial charge in [0, 0.05) is 44.7 Å². The first-order chi connectivity index (χ1) is 11.0. The van der Waals surface area contributed by atoms with E-state index in [1.54, 1.807) is 0 Å². The molecule has 0 spiro atoms. The Kier molecular flexibility index (Phi) is 6.84. The molecule has 2 aliphatic rings. The van der Waals surface area contributed by atoms with E-state index in [9.17, 15) is 9.59 Å². The first kappa shape index (κ1) is 18.2. The summed E-state index contributed by atoms with van der Waals surface area (Å²) in [6.07, 6.45) is 4.63. The normalized spacial score (nSPS) is 27.5. The highest BCUT2D eigenvalue weighted by Gasteiger charge is 2.26. The fraction of sp³-hybridized carbons (Fsp3) is 0.882. The van der Waals surface area contributed by atoms with Gasteiger partial charge in [0.05, 0.1) is 6.54 Å². The van der Waals surface area contributed by atoms with Crippen LogP contribution in [-0.2, 0) is 9.59 Å². The molecule has 0 aromatic rings. The number of carbonyl (C=O) groups is 2. The number of nitrogens with zero attached hydrogens (tertiary/aromatic N) is 2. The van der Waals surface area contributed by atoms with Crippen molar-refractivity contribution in [2.24, 2.45) is 17.6 Å². The number of nitrogens with two attached hydrogens (primary N) is 1. The molecule has 2 amide bonds. The number of piperazine rings is 1. The second-order valence-electron chi connectivity index (χ2n) is 7.26. The van der Waals surface area contributed by atoms with Gasteiger partial charge in [-0.15, -0.1) is 0 Å². The Hall–Kier alpha value is -1.14. The molecular formula is C17H32N4O2. The monoisotopic (exact) mass is 324 g/mol. The highest BCUT2D eigenvalue weighted by atomic mass is 16.2. The standard InChI is InChI=1S/C17H32N4O2/c1-13-3-5-15(6-4-13)19-16(22)12-20-7-9-21(10-8-20)17(23)14(2)11-18/h13-15H,3-12,18H2,1-2H3,(H,19,22). The van der Waals surface area contributed by atoms with Crippen molar-refractivity contribution in [3.63, 3.8) is 0 Å². The second-order valence-corrected chi connectivity index (χ2v) is 7.26. The van der Waals surface area contributed by atoms with E-state index >= 15 is 0 Å². The highest BCUT2D eigenvalue weighted by molar-refractivity contribution is 5.79. The number of hydrogen-bond donors (Lipinski definition) is 2. The first-order valence-corrected chi connectivity index (χ1v) is 9.00. The average Bonchev–Trinajstić information content (AvgIpc) is 2.56. The van der Waals surface area contributed by atoms with Crippen LogP contribution in [0, 0.1) is 11.8 Å². The predicted molar refractivity (Wildman–Crippen MR) is 90.8 cm³/mol. The Balaban J connectivity index is 1.67. The summed E-state index contributed by atoms with van der Waals surface area (Å²) < 4.78 is 0. The fourth-order valence-corrected chi connectivity index (χ4v) is 3.42. The van der Waals surface area contributed by atoms with Crippen molar-refractivity contribution in [3.8, 4) is 0 Å². The van der Waals surface area contributed by atoms with Crippen LogP contribution in [0.5, 0.6) is 0 Å². The number of amides is 2. The van der Waals surface area contributed by atoms with Crippen LogP contribution < -0.4 is 11.1 Å². The molecule has 1 saturated heterocycles. The van der Waals surface area contributed by atoms with Gasteiger partial charge in [-0.25, -0.2) is 0 Å². The number of nitrogens with one attached hydrogen (secondary N) is 1. The third-order valence-electron chi connectivity index (χ3n) is 5.21. The van der Waals surface area contributed by atoms with Crippen LogP contribution in [0.2, 0.25) is 0 Å². The molecule has 1 saturated carbocycles. The summed E-state index contributed by atoms with van der Waals surface area (Å²) >= 11 is 0. The Morgan fingerprint density at radius 2 is 1.74 bits per heavy atom. The Bertz CT molecular complexity index is 399. The van der Waals surface area contributed by atoms with Gasteiger partial charge in [0.2, 0.25) is 11.8 Å². The van der Waals surface area contributed by atoms with Gasteiger partial charge in [0.25, 0.3) is 0 Å². The van der Waals surface area contributed by atoms with E-state index in [-0.39, 0.29) is 17.7 Å². The maximum absolute atomic E-state index is 12.2. The average molecular weight is 324 g/mol. The van der Waals surface area contributed by atoms with Gasteiger partial charge >= 0.3 is 0 Å². The largest absolute Gasteiger partial charge is 0.352 e. The Labute approximate surface area is 139 Å². The van der Waals surface area contributed by atoms with Crippen LogP contribution in [0.4, 0.5) is 0 Å². The molecule has 0 aromatic carbocycles. The van der Waals surface area contributed by atoms with Gasteiger partial charge in [0.1, 0.15) is 0 Å². The lowest BCUT2D eigenvalue weighted by Gasteiger charge is -2.36. The summed E-state index contributed by atoms with van der Waals surface area (Å²) in [5.74, 6) is 0.941. The minimum Gasteiger partial charge on any atom is -0.352 e. The molecule has 1 aliphatic carbocycles. The van der Waals surface area contributed by atoms with Gasteiger partial charge in [0.15, 0.2) is 0 Å². The zero-order valence-corrected chi connectivity index (χ0v) is 14.6. The molecule has 0 aromatic heterocycles. The third-order valence-corrected chi connectivity index (χ3v) is 5.21. The van der Waals surface area contributed by atoms with Crippen molar-refractivity contribution in [3.05, 3.63) is 0 Å². The smallest absolute Gasteiger partial charge is 0.234 e. The van der Waals surface area contributed by atoms with Gasteiger partial charge in [-0.3, -0.25) is 14.5 Å². The van der Waals surface area contributed by atoms with Crippen molar-refractivity contribution in [2.45, 2.75) is 45.6 Å². The van der Waals surface area contributed by atoms with Crippen LogP contribution in [-0.4, -0.2) is 66.9 Å². The van der Waals surface area contributed by atoms with Crippen molar-refractivity contribution >= 4 is 11.8 Å². The number of carbonyl (C=O) groups excluding carboxylic acids is 2. The highest BCUT2D eigenvalue weighted by Crippen LogP contribution is 2.23. The van der Waals surface area contributed by atoms with Crippen molar-refractivity contribution in [2.75, 3.05) is 39.3 Å². The van der Waals surface area contributed by atoms with Crippen LogP contribution in [0.25, 0.3) is 0 Å². The molecule has 0 bridgehead atoms. The summed E-state index contributed by atoms with van der Waals surface area (Å²) in [6, 6.07) is 0.354. The maximum atomic E-state index is 12.2. The molecule has 6 heteroatoms. The zero-order chi connectivity index (χ0) is 16.8. The van der Waals surface area contributed by atoms with E-state index in [1.807, 2.05) is 11.8 Å². The fourth-order valence-electron chi connectivity index (χ4n) is 3.42. The summed E-state index contributed by atoms with van der Waals surface area (Å²) in [7, 11) is 0. The lowest BCUT2D eigenvalue weighted by molar-refractivity contribution is -0.136. The van der Waals surface area contributed by atoms with E-state index in [2.05, 4.69) is 17.1 Å². The van der Waals surface area contributed by atoms with E-state index in [0.717, 1.165) is 31.8 Å². The number of rotatable bonds is 5. The minimum absolute atomic E-state index is 0.112. The van der Waals surface area contributed by atoms with Crippen molar-refractivity contribution in [1.82, 2.24) is 15.1 Å². The molecule has 1 aliphatic heterocycles. The first-order valence-electron chi connectivity index (χ1n) is 9.00. The molecule has 1 unspecified atom stereocenters. The maximum Gasteiger partial charge on any atom is 0.234 e. The summed E-state index contributed by atoms with van der Waals surface area (Å²) in [5, 5.41) is 3.17. The van der Waals surface area contributed by atoms with Crippen LogP contribution in [0.1, 0.15) is 39.5 Å². The lowest BCUT2D eigenvalue weighted by Crippen LogP contribution is -2.53. The third kappa shape index (κ3) is 5.46. The van der Waals surface area contributed by atoms with Crippen LogP contribution in [0.15, 0.2) is 0 Å². The zero-order valence-electron chi connectivity index (χ0n) is 14.6. The Morgan fingerprint density at radius 1 is 1.13 bits per heavy atom. The minimum atomic E-state index is -0.112. The molecule has 1 heterocycles. The molecule has 132 valence electrons. The van der Waals surface area contributed by atoms with E-state index in [1.165, 1.54) is 12.8 Å². The molecule has 23 heavy (non-hydrogen) atoms. The summed E-state index contributed by atoms with van der Waals surface area (Å²) in [6.45, 7) is 7.89. The Morgan fingerprint density at radius 3 is 2.30 bits per heavy atom. The van der Waals surface area contributed by atoms with Crippen LogP contribution >= 0.6 is 0 Å². The molecular weight excluding hydrogens is 292 g/mol. The van der Waals surface area contributed by atoms with E-state index in [4.69, 9.17) is 5.73 Å². The van der Waals surface area contributed by atoms with Crippen molar-refractivity contribution < 1.29 is 9.59 Å². The predicted octanol–water partition coefficient (Wildman–Crippen LogP) is 0.420. The molecule has 0 radical (unpaired) electrons. The van der Waals surface area contributed by atoms with Gasteiger partial charge in [-0.2, -0.15) is 0 Å². The molecule has 6 nitrogen and oxygen atoms in total. The lowest BCUT2D eigenvalue weighted by atomic mass is 9.87. The van der Waals surface area contributed by atoms with E-state index in [0.29, 0.717) is 32.2 Å². The molecule has 2 rings (SSSR count). The second kappa shape index (κ2) is 8.64. The number of hydrogen-bond acceptors (Lipinski definition) is 4. The molecule has 3 N–H and O–H groups in total. The quantitative estimate of drug-likeness (QED) is 0.768. The van der Waals surface area contributed by atoms with E-state index < -0.39 is 0 Å². The van der Waals surface area contributed by atoms with Crippen molar-refractivity contribution in [1.29, 1.82) is 0 Å². The van der Waals surface area contributed by atoms with Gasteiger partial charge in [-0.1, -0.05) is 13.8 Å². The van der Waals surface area contributed by atoms with Gasteiger partial charge < -0.3 is 16.0 Å². The van der Waals surface area contributed by atoms with Gasteiger partial charge in [-0.05, 0) is 31.6 Å². The molecule has 1 atom stereocenters. The molecule has 2 fully saturated rings. The summed E-state index contributed by atoms with van der Waals surface area (Å²) in [5.41, 5.74) is 5.56.